The lowest BCUT2D eigenvalue weighted by Gasteiger charge is -2.26. The molecule has 1 saturated carbocycles. The zero-order chi connectivity index (χ0) is 13.2. The molecule has 0 N–H and O–H groups in total. The predicted octanol–water partition coefficient (Wildman–Crippen LogP) is 0.852. The first-order valence-corrected chi connectivity index (χ1v) is 8.21. The molecule has 2 aliphatic rings. The molecule has 0 bridgehead atoms. The molecule has 1 saturated heterocycles. The molecular weight excluding hydrogens is 254 g/mol. The second-order valence-electron chi connectivity index (χ2n) is 5.27. The monoisotopic (exact) mass is 277 g/mol. The van der Waals surface area contributed by atoms with Crippen LogP contribution in [0.1, 0.15) is 25.7 Å². The Morgan fingerprint density at radius 2 is 1.67 bits per heavy atom. The highest BCUT2D eigenvalue weighted by Crippen LogP contribution is 2.30. The number of rotatable bonds is 6. The number of hydrogen-bond donors (Lipinski definition) is 0. The van der Waals surface area contributed by atoms with Crippen molar-refractivity contribution in [1.82, 2.24) is 4.31 Å². The van der Waals surface area contributed by atoms with Crippen LogP contribution in [0.15, 0.2) is 0 Å². The summed E-state index contributed by atoms with van der Waals surface area (Å²) in [5.41, 5.74) is 0. The maximum atomic E-state index is 12.2. The summed E-state index contributed by atoms with van der Waals surface area (Å²) in [5.74, 6) is 0.892. The molecule has 2 rings (SSSR count). The smallest absolute Gasteiger partial charge is 0.214 e. The van der Waals surface area contributed by atoms with Crippen molar-refractivity contribution in [3.63, 3.8) is 0 Å². The first-order valence-electron chi connectivity index (χ1n) is 6.60. The molecule has 1 aliphatic heterocycles. The van der Waals surface area contributed by atoms with Crippen molar-refractivity contribution in [3.8, 4) is 0 Å². The number of nitrogens with zero attached hydrogens (tertiary/aromatic N) is 1. The van der Waals surface area contributed by atoms with Crippen LogP contribution < -0.4 is 0 Å². The summed E-state index contributed by atoms with van der Waals surface area (Å²) in [6, 6.07) is 0. The Kier molecular flexibility index (Phi) is 4.64. The Morgan fingerprint density at radius 1 is 1.11 bits per heavy atom. The lowest BCUT2D eigenvalue weighted by molar-refractivity contribution is -0.00461. The molecule has 2 fully saturated rings. The van der Waals surface area contributed by atoms with Gasteiger partial charge in [0, 0.05) is 27.3 Å². The van der Waals surface area contributed by atoms with Crippen LogP contribution in [0.5, 0.6) is 0 Å². The van der Waals surface area contributed by atoms with Crippen molar-refractivity contribution in [2.45, 2.75) is 37.9 Å². The predicted molar refractivity (Wildman–Crippen MR) is 68.9 cm³/mol. The van der Waals surface area contributed by atoms with Gasteiger partial charge in [-0.1, -0.05) is 19.3 Å². The summed E-state index contributed by atoms with van der Waals surface area (Å²) in [4.78, 5) is 0. The van der Waals surface area contributed by atoms with E-state index >= 15 is 0 Å². The lowest BCUT2D eigenvalue weighted by Crippen LogP contribution is -2.33. The van der Waals surface area contributed by atoms with E-state index in [0.717, 1.165) is 6.42 Å². The number of ether oxygens (including phenoxy) is 2. The van der Waals surface area contributed by atoms with Crippen LogP contribution in [0.3, 0.4) is 0 Å². The lowest BCUT2D eigenvalue weighted by atomic mass is 9.84. The first-order chi connectivity index (χ1) is 8.56. The Labute approximate surface area is 109 Å². The fraction of sp³-hybridized carbons (Fsp3) is 1.00. The van der Waals surface area contributed by atoms with Gasteiger partial charge in [-0.3, -0.25) is 0 Å². The summed E-state index contributed by atoms with van der Waals surface area (Å²) in [7, 11) is 0.0528. The second kappa shape index (κ2) is 5.86. The average Bonchev–Trinajstić information content (AvgIpc) is 2.70. The summed E-state index contributed by atoms with van der Waals surface area (Å²) in [5, 5.41) is 0. The summed E-state index contributed by atoms with van der Waals surface area (Å²) in [6.07, 6.45) is 4.15. The van der Waals surface area contributed by atoms with E-state index in [0.29, 0.717) is 19.0 Å². The third-order valence-corrected chi connectivity index (χ3v) is 6.03. The van der Waals surface area contributed by atoms with Gasteiger partial charge in [-0.15, -0.1) is 0 Å². The molecule has 2 unspecified atom stereocenters. The molecular formula is C12H23NO4S. The Morgan fingerprint density at radius 3 is 2.06 bits per heavy atom. The van der Waals surface area contributed by atoms with Gasteiger partial charge in [-0.05, 0) is 12.3 Å². The van der Waals surface area contributed by atoms with Crippen molar-refractivity contribution in [1.29, 1.82) is 0 Å². The highest BCUT2D eigenvalue weighted by atomic mass is 32.2. The van der Waals surface area contributed by atoms with E-state index in [1.807, 2.05) is 0 Å². The molecule has 6 heteroatoms. The van der Waals surface area contributed by atoms with Gasteiger partial charge in [0.05, 0.1) is 18.0 Å². The second-order valence-corrected chi connectivity index (χ2v) is 7.36. The van der Waals surface area contributed by atoms with Crippen LogP contribution in [0.2, 0.25) is 0 Å². The van der Waals surface area contributed by atoms with Crippen molar-refractivity contribution in [3.05, 3.63) is 0 Å². The normalized spacial score (nSPS) is 30.6. The van der Waals surface area contributed by atoms with Gasteiger partial charge in [-0.2, -0.15) is 4.31 Å². The highest BCUT2D eigenvalue weighted by Gasteiger charge is 2.39. The minimum Gasteiger partial charge on any atom is -0.377 e. The van der Waals surface area contributed by atoms with E-state index in [1.54, 1.807) is 14.2 Å². The number of hydrogen-bond acceptors (Lipinski definition) is 4. The molecule has 0 radical (unpaired) electrons. The third-order valence-electron chi connectivity index (χ3n) is 4.19. The Balaban J connectivity index is 1.89. The van der Waals surface area contributed by atoms with Gasteiger partial charge < -0.3 is 9.47 Å². The van der Waals surface area contributed by atoms with E-state index < -0.39 is 10.0 Å². The SMILES string of the molecule is COC1CN(S(=O)(=O)CCC2CCC2)CC1OC. The zero-order valence-electron chi connectivity index (χ0n) is 11.2. The van der Waals surface area contributed by atoms with Crippen LogP contribution in [0.4, 0.5) is 0 Å². The molecule has 18 heavy (non-hydrogen) atoms. The molecule has 5 nitrogen and oxygen atoms in total. The Bertz CT molecular complexity index is 354. The Hall–Kier alpha value is -0.170. The molecule has 0 spiro atoms. The molecule has 0 amide bonds. The van der Waals surface area contributed by atoms with Gasteiger partial charge in [0.15, 0.2) is 0 Å². The topological polar surface area (TPSA) is 55.8 Å². The van der Waals surface area contributed by atoms with Gasteiger partial charge in [-0.25, -0.2) is 8.42 Å². The minimum atomic E-state index is -3.14. The standard InChI is InChI=1S/C12H23NO4S/c1-16-11-8-13(9-12(11)17-2)18(14,15)7-6-10-4-3-5-10/h10-12H,3-9H2,1-2H3. The molecule has 1 heterocycles. The van der Waals surface area contributed by atoms with Crippen LogP contribution in [-0.2, 0) is 19.5 Å². The van der Waals surface area contributed by atoms with Gasteiger partial charge >= 0.3 is 0 Å². The summed E-state index contributed by atoms with van der Waals surface area (Å²) < 4.78 is 36.5. The first kappa shape index (κ1) is 14.2. The van der Waals surface area contributed by atoms with E-state index in [1.165, 1.54) is 23.6 Å². The van der Waals surface area contributed by atoms with Crippen molar-refractivity contribution in [2.24, 2.45) is 5.92 Å². The molecule has 106 valence electrons. The highest BCUT2D eigenvalue weighted by molar-refractivity contribution is 7.89. The minimum absolute atomic E-state index is 0.145. The molecule has 0 aromatic carbocycles. The van der Waals surface area contributed by atoms with Crippen LogP contribution in [0, 0.1) is 5.92 Å². The van der Waals surface area contributed by atoms with Gasteiger partial charge in [0.2, 0.25) is 10.0 Å². The van der Waals surface area contributed by atoms with Crippen LogP contribution in [0.25, 0.3) is 0 Å². The van der Waals surface area contributed by atoms with E-state index in [9.17, 15) is 8.42 Å². The fourth-order valence-corrected chi connectivity index (χ4v) is 4.25. The summed E-state index contributed by atoms with van der Waals surface area (Å²) in [6.45, 7) is 0.837. The fourth-order valence-electron chi connectivity index (χ4n) is 2.62. The van der Waals surface area contributed by atoms with E-state index in [2.05, 4.69) is 0 Å². The van der Waals surface area contributed by atoms with Crippen molar-refractivity contribution >= 4 is 10.0 Å². The molecule has 2 atom stereocenters. The maximum Gasteiger partial charge on any atom is 0.214 e. The van der Waals surface area contributed by atoms with E-state index in [4.69, 9.17) is 9.47 Å². The van der Waals surface area contributed by atoms with Crippen LogP contribution in [-0.4, -0.2) is 58.0 Å². The average molecular weight is 277 g/mol. The van der Waals surface area contributed by atoms with Crippen LogP contribution >= 0.6 is 0 Å². The van der Waals surface area contributed by atoms with Gasteiger partial charge in [0.1, 0.15) is 0 Å². The van der Waals surface area contributed by atoms with Crippen molar-refractivity contribution < 1.29 is 17.9 Å². The number of methoxy groups -OCH3 is 2. The summed E-state index contributed by atoms with van der Waals surface area (Å²) >= 11 is 0. The maximum absolute atomic E-state index is 12.2. The number of sulfonamides is 1. The molecule has 0 aromatic rings. The quantitative estimate of drug-likeness (QED) is 0.722. The van der Waals surface area contributed by atoms with Gasteiger partial charge in [0.25, 0.3) is 0 Å². The van der Waals surface area contributed by atoms with Crippen molar-refractivity contribution in [2.75, 3.05) is 33.1 Å². The van der Waals surface area contributed by atoms with E-state index in [-0.39, 0.29) is 18.0 Å². The molecule has 0 aromatic heterocycles. The molecule has 1 aliphatic carbocycles. The third kappa shape index (κ3) is 3.04. The largest absolute Gasteiger partial charge is 0.377 e. The zero-order valence-corrected chi connectivity index (χ0v) is 12.0.